The van der Waals surface area contributed by atoms with Gasteiger partial charge in [0.25, 0.3) is 5.56 Å². The Balaban J connectivity index is 2.04. The summed E-state index contributed by atoms with van der Waals surface area (Å²) >= 11 is 0. The molecule has 2 aliphatic heterocycles. The molecule has 0 aromatic carbocycles. The summed E-state index contributed by atoms with van der Waals surface area (Å²) in [6, 6.07) is 0.296. The first-order valence-corrected chi connectivity index (χ1v) is 5.78. The van der Waals surface area contributed by atoms with Gasteiger partial charge in [0, 0.05) is 18.2 Å². The third-order valence-electron chi connectivity index (χ3n) is 3.30. The maximum atomic E-state index is 11.6. The Morgan fingerprint density at radius 2 is 2.47 bits per heavy atom. The molecule has 1 N–H and O–H groups in total. The molecular weight excluding hydrogens is 224 g/mol. The zero-order valence-electron chi connectivity index (χ0n) is 9.50. The molecule has 2 bridgehead atoms. The monoisotopic (exact) mass is 238 g/mol. The van der Waals surface area contributed by atoms with Crippen molar-refractivity contribution in [3.63, 3.8) is 0 Å². The zero-order valence-corrected chi connectivity index (χ0v) is 9.50. The van der Waals surface area contributed by atoms with E-state index in [1.807, 2.05) is 6.92 Å². The van der Waals surface area contributed by atoms with Gasteiger partial charge in [0.2, 0.25) is 0 Å². The molecule has 6 nitrogen and oxygen atoms in total. The third kappa shape index (κ3) is 1.56. The molecule has 3 heterocycles. The van der Waals surface area contributed by atoms with E-state index in [2.05, 4.69) is 4.98 Å². The topological polar surface area (TPSA) is 73.6 Å². The van der Waals surface area contributed by atoms with Crippen LogP contribution in [-0.2, 0) is 11.2 Å². The van der Waals surface area contributed by atoms with Crippen molar-refractivity contribution < 1.29 is 14.6 Å². The van der Waals surface area contributed by atoms with Crippen LogP contribution in [0.5, 0.6) is 6.01 Å². The van der Waals surface area contributed by atoms with Gasteiger partial charge >= 0.3 is 6.01 Å². The molecule has 3 rings (SSSR count). The van der Waals surface area contributed by atoms with Gasteiger partial charge in [-0.2, -0.15) is 4.98 Å². The lowest BCUT2D eigenvalue weighted by molar-refractivity contribution is -0.0247. The highest BCUT2D eigenvalue weighted by atomic mass is 16.6. The maximum absolute atomic E-state index is 11.6. The highest BCUT2D eigenvalue weighted by molar-refractivity contribution is 5.14. The number of aromatic nitrogens is 2. The van der Waals surface area contributed by atoms with Crippen LogP contribution in [0.1, 0.15) is 25.1 Å². The molecule has 0 unspecified atom stereocenters. The third-order valence-corrected chi connectivity index (χ3v) is 3.30. The van der Waals surface area contributed by atoms with Crippen LogP contribution in [0.2, 0.25) is 0 Å². The van der Waals surface area contributed by atoms with E-state index in [1.165, 1.54) is 0 Å². The predicted molar refractivity (Wildman–Crippen MR) is 57.9 cm³/mol. The van der Waals surface area contributed by atoms with Gasteiger partial charge in [-0.05, 0) is 6.42 Å². The van der Waals surface area contributed by atoms with E-state index in [0.717, 1.165) is 0 Å². The van der Waals surface area contributed by atoms with Gasteiger partial charge in [0.1, 0.15) is 18.4 Å². The average Bonchev–Trinajstić information content (AvgIpc) is 2.67. The van der Waals surface area contributed by atoms with Gasteiger partial charge in [-0.15, -0.1) is 0 Å². The maximum Gasteiger partial charge on any atom is 0.302 e. The smallest absolute Gasteiger partial charge is 0.302 e. The summed E-state index contributed by atoms with van der Waals surface area (Å²) in [5.41, 5.74) is 0.396. The first-order valence-electron chi connectivity index (χ1n) is 5.78. The second kappa shape index (κ2) is 3.82. The van der Waals surface area contributed by atoms with Gasteiger partial charge < -0.3 is 14.6 Å². The van der Waals surface area contributed by atoms with E-state index in [-0.39, 0.29) is 30.6 Å². The Morgan fingerprint density at radius 3 is 3.18 bits per heavy atom. The van der Waals surface area contributed by atoms with Crippen molar-refractivity contribution in [2.24, 2.45) is 0 Å². The van der Waals surface area contributed by atoms with E-state index in [9.17, 15) is 4.79 Å². The van der Waals surface area contributed by atoms with Crippen molar-refractivity contribution in [2.75, 3.05) is 6.61 Å². The molecule has 3 atom stereocenters. The van der Waals surface area contributed by atoms with Crippen molar-refractivity contribution in [1.29, 1.82) is 0 Å². The van der Waals surface area contributed by atoms with Crippen molar-refractivity contribution in [3.8, 4) is 6.01 Å². The van der Waals surface area contributed by atoms with Crippen LogP contribution in [-0.4, -0.2) is 33.5 Å². The van der Waals surface area contributed by atoms with Crippen LogP contribution in [0.4, 0.5) is 0 Å². The van der Waals surface area contributed by atoms with Crippen molar-refractivity contribution in [3.05, 3.63) is 22.1 Å². The SMILES string of the molecule is CCc1cn2c(nc1=O)O[C@H]1C[C@H]2O[C@@H]1CO. The van der Waals surface area contributed by atoms with Gasteiger partial charge in [-0.1, -0.05) is 6.92 Å². The van der Waals surface area contributed by atoms with E-state index in [0.29, 0.717) is 24.4 Å². The number of nitrogens with zero attached hydrogens (tertiary/aromatic N) is 2. The minimum atomic E-state index is -0.332. The highest BCUT2D eigenvalue weighted by Crippen LogP contribution is 2.37. The normalized spacial score (nSPS) is 29.9. The molecule has 17 heavy (non-hydrogen) atoms. The first-order chi connectivity index (χ1) is 8.22. The van der Waals surface area contributed by atoms with Crippen LogP contribution in [0, 0.1) is 0 Å². The Labute approximate surface area is 97.8 Å². The Bertz CT molecular complexity index is 499. The van der Waals surface area contributed by atoms with Gasteiger partial charge in [0.15, 0.2) is 0 Å². The molecule has 1 aromatic rings. The zero-order chi connectivity index (χ0) is 12.0. The van der Waals surface area contributed by atoms with E-state index < -0.39 is 0 Å². The van der Waals surface area contributed by atoms with Crippen LogP contribution in [0.25, 0.3) is 0 Å². The summed E-state index contributed by atoms with van der Waals surface area (Å²) in [5.74, 6) is 0. The lowest BCUT2D eigenvalue weighted by Crippen LogP contribution is -2.33. The summed E-state index contributed by atoms with van der Waals surface area (Å²) < 4.78 is 13.0. The minimum absolute atomic E-state index is 0.0828. The summed E-state index contributed by atoms with van der Waals surface area (Å²) in [6.45, 7) is 1.82. The molecular formula is C11H14N2O4. The molecule has 1 saturated heterocycles. The molecule has 0 saturated carbocycles. The number of aliphatic hydroxyl groups is 1. The lowest BCUT2D eigenvalue weighted by Gasteiger charge is -2.23. The first kappa shape index (κ1) is 10.7. The predicted octanol–water partition coefficient (Wildman–Crippen LogP) is -0.153. The standard InChI is InChI=1S/C11H14N2O4/c1-2-6-4-13-9-3-7(8(5-14)16-9)17-11(13)12-10(6)15/h4,7-9,14H,2-3,5H2,1H3/t7-,8+,9+/m0/s1. The summed E-state index contributed by atoms with van der Waals surface area (Å²) in [6.07, 6.45) is 2.34. The number of aliphatic hydroxyl groups excluding tert-OH is 1. The quantitative estimate of drug-likeness (QED) is 0.775. The van der Waals surface area contributed by atoms with Gasteiger partial charge in [-0.3, -0.25) is 9.36 Å². The molecule has 6 heteroatoms. The van der Waals surface area contributed by atoms with Crippen molar-refractivity contribution in [2.45, 2.75) is 38.2 Å². The van der Waals surface area contributed by atoms with Crippen LogP contribution in [0.3, 0.4) is 0 Å². The molecule has 1 aromatic heterocycles. The molecule has 0 radical (unpaired) electrons. The van der Waals surface area contributed by atoms with E-state index in [1.54, 1.807) is 10.8 Å². The lowest BCUT2D eigenvalue weighted by atomic mass is 10.1. The van der Waals surface area contributed by atoms with Crippen LogP contribution in [0.15, 0.2) is 11.0 Å². The number of rotatable bonds is 2. The van der Waals surface area contributed by atoms with E-state index >= 15 is 0 Å². The molecule has 0 aliphatic carbocycles. The van der Waals surface area contributed by atoms with Crippen LogP contribution < -0.4 is 10.3 Å². The highest BCUT2D eigenvalue weighted by Gasteiger charge is 2.42. The summed E-state index contributed by atoms with van der Waals surface area (Å²) in [4.78, 5) is 15.5. The number of hydrogen-bond acceptors (Lipinski definition) is 5. The van der Waals surface area contributed by atoms with Gasteiger partial charge in [0.05, 0.1) is 6.61 Å². The Hall–Kier alpha value is -1.40. The van der Waals surface area contributed by atoms with E-state index in [4.69, 9.17) is 14.6 Å². The second-order valence-corrected chi connectivity index (χ2v) is 4.32. The number of fused-ring (bicyclic) bond motifs is 4. The molecule has 92 valence electrons. The van der Waals surface area contributed by atoms with Crippen molar-refractivity contribution >= 4 is 0 Å². The molecule has 2 aliphatic rings. The van der Waals surface area contributed by atoms with Crippen LogP contribution >= 0.6 is 0 Å². The Kier molecular flexibility index (Phi) is 2.41. The minimum Gasteiger partial charge on any atom is -0.458 e. The largest absolute Gasteiger partial charge is 0.458 e. The molecule has 0 amide bonds. The fraction of sp³-hybridized carbons (Fsp3) is 0.636. The average molecular weight is 238 g/mol. The molecule has 0 spiro atoms. The summed E-state index contributed by atoms with van der Waals surface area (Å²) in [7, 11) is 0. The second-order valence-electron chi connectivity index (χ2n) is 4.32. The van der Waals surface area contributed by atoms with Crippen molar-refractivity contribution in [1.82, 2.24) is 9.55 Å². The van der Waals surface area contributed by atoms with Gasteiger partial charge in [-0.25, -0.2) is 0 Å². The number of hydrogen-bond donors (Lipinski definition) is 1. The Morgan fingerprint density at radius 1 is 1.65 bits per heavy atom. The fourth-order valence-corrected chi connectivity index (χ4v) is 2.33. The summed E-state index contributed by atoms with van der Waals surface area (Å²) in [5, 5.41) is 9.15. The molecule has 1 fully saturated rings. The number of ether oxygens (including phenoxy) is 2. The fourth-order valence-electron chi connectivity index (χ4n) is 2.33. The number of aryl methyl sites for hydroxylation is 1.